The Balaban J connectivity index is 2.12. The molecule has 0 radical (unpaired) electrons. The Morgan fingerprint density at radius 2 is 1.86 bits per heavy atom. The zero-order valence-electron chi connectivity index (χ0n) is 26.5. The minimum Gasteiger partial charge on any atom is -0.477 e. The molecule has 1 fully saturated rings. The lowest BCUT2D eigenvalue weighted by molar-refractivity contribution is -0.180. The van der Waals surface area contributed by atoms with Crippen molar-refractivity contribution in [2.45, 2.75) is 82.5 Å². The van der Waals surface area contributed by atoms with Crippen LogP contribution in [0.3, 0.4) is 0 Å². The Labute approximate surface area is 280 Å². The number of amides is 2. The summed E-state index contributed by atoms with van der Waals surface area (Å²) in [5.41, 5.74) is 5.76. The van der Waals surface area contributed by atoms with Gasteiger partial charge in [0, 0.05) is 11.5 Å². The number of nitrogens with two attached hydrogens (primary N) is 1. The highest BCUT2D eigenvalue weighted by atomic mass is 31.2. The van der Waals surface area contributed by atoms with Crippen molar-refractivity contribution in [2.75, 3.05) is 13.2 Å². The van der Waals surface area contributed by atoms with Crippen molar-refractivity contribution in [3.63, 3.8) is 0 Å². The van der Waals surface area contributed by atoms with Crippen LogP contribution in [0.4, 0.5) is 4.79 Å². The van der Waals surface area contributed by atoms with Gasteiger partial charge in [0.25, 0.3) is 6.29 Å². The number of phosphoric ester groups is 1. The maximum absolute atomic E-state index is 13.1. The molecular weight excluding hydrogens is 704 g/mol. The summed E-state index contributed by atoms with van der Waals surface area (Å²) in [6, 6.07) is 0. The number of carboxylic acid groups (broad SMARTS) is 1. The molecule has 0 spiro atoms. The van der Waals surface area contributed by atoms with Crippen molar-refractivity contribution in [1.82, 2.24) is 10.6 Å². The number of aliphatic hydroxyl groups is 4. The Kier molecular flexibility index (Phi) is 14.9. The summed E-state index contributed by atoms with van der Waals surface area (Å²) in [6.07, 6.45) is -5.82. The smallest absolute Gasteiger partial charge is 0.470 e. The minimum atomic E-state index is -5.25. The summed E-state index contributed by atoms with van der Waals surface area (Å²) in [5, 5.41) is 52.0. The number of aliphatic carboxylic acids is 1. The van der Waals surface area contributed by atoms with E-state index in [2.05, 4.69) is 37.8 Å². The second-order valence-corrected chi connectivity index (χ2v) is 14.4. The molecule has 2 aliphatic heterocycles. The van der Waals surface area contributed by atoms with E-state index >= 15 is 0 Å². The molecule has 278 valence electrons. The van der Waals surface area contributed by atoms with E-state index in [4.69, 9.17) is 34.7 Å². The second-order valence-electron chi connectivity index (χ2n) is 11.5. The third-order valence-electron chi connectivity index (χ3n) is 6.34. The molecule has 12 N–H and O–H groups in total. The number of carboxylic acids is 1. The van der Waals surface area contributed by atoms with Crippen LogP contribution in [-0.4, -0.2) is 120 Å². The van der Waals surface area contributed by atoms with Gasteiger partial charge < -0.3 is 75.3 Å². The first-order valence-electron chi connectivity index (χ1n) is 14.3. The highest BCUT2D eigenvalue weighted by Gasteiger charge is 2.49. The Morgan fingerprint density at radius 3 is 2.43 bits per heavy atom. The normalized spacial score (nSPS) is 26.3. The molecule has 0 saturated carbocycles. The lowest BCUT2D eigenvalue weighted by Crippen LogP contribution is -2.47. The first kappa shape index (κ1) is 41.8. The highest BCUT2D eigenvalue weighted by molar-refractivity contribution is 7.58. The van der Waals surface area contributed by atoms with Crippen molar-refractivity contribution in [1.29, 1.82) is 0 Å². The van der Waals surface area contributed by atoms with Crippen molar-refractivity contribution in [3.05, 3.63) is 23.5 Å². The average Bonchev–Trinajstić information content (AvgIpc) is 3.21. The molecule has 0 bridgehead atoms. The lowest BCUT2D eigenvalue weighted by Gasteiger charge is -2.27. The fourth-order valence-electron chi connectivity index (χ4n) is 4.36. The summed E-state index contributed by atoms with van der Waals surface area (Å²) in [5.74, 6) is -1.30. The van der Waals surface area contributed by atoms with Gasteiger partial charge in [-0.3, -0.25) is 13.8 Å². The van der Waals surface area contributed by atoms with Gasteiger partial charge >= 0.3 is 39.3 Å². The Hall–Kier alpha value is -3.38. The molecule has 0 aromatic rings. The van der Waals surface area contributed by atoms with E-state index in [0.717, 1.165) is 0 Å². The molecule has 2 rings (SSSR count). The molecule has 0 aromatic heterocycles. The highest BCUT2D eigenvalue weighted by Crippen LogP contribution is 2.47. The van der Waals surface area contributed by atoms with E-state index in [-0.39, 0.29) is 25.8 Å². The number of alkyl carbamates (subject to hydrolysis) is 1. The minimum absolute atomic E-state index is 0.0667. The van der Waals surface area contributed by atoms with E-state index in [1.807, 2.05) is 0 Å². The van der Waals surface area contributed by atoms with Crippen LogP contribution in [0.15, 0.2) is 23.5 Å². The van der Waals surface area contributed by atoms with Gasteiger partial charge in [-0.15, -0.1) is 0 Å². The van der Waals surface area contributed by atoms with E-state index in [1.54, 1.807) is 26.8 Å². The van der Waals surface area contributed by atoms with Crippen molar-refractivity contribution in [3.8, 4) is 11.8 Å². The molecule has 8 atom stereocenters. The zero-order valence-corrected chi connectivity index (χ0v) is 28.3. The standard InChI is InChI=1S/C26H41N3O18P2/c1-26(2,3)44-25(37)28-10-6-9-13-7-5-8-14(20(31)29-19(13)27)11-15-18(45-49(39,40)41)17(30)16(43-15)12-42-24(22(34)35)47-48(4,38)46-23(36)21(32)33/h7,14-19,24,30,32-33,36,38H,4-5,8,10-12,27H2,1-3H3,(H,28,37)(H,29,31)(H,34,35)(H2,39,40,41)/t14?,15-,16+,17?,18?,19?,24?,48?/m0/s1. The SMILES string of the molecule is C=P(O)(OC(O)=C(O)O)OC(OC[C@H]1O[C@@H](CC2CCC=C(C#CCNC(=O)OC(C)(C)C)C(N)NC2=O)C(OP(=O)(O)O)C1O)C(=O)O. The van der Waals surface area contributed by atoms with E-state index in [0.29, 0.717) is 5.57 Å². The van der Waals surface area contributed by atoms with Crippen LogP contribution in [-0.2, 0) is 41.9 Å². The maximum atomic E-state index is 13.1. The molecular formula is C26H41N3O18P2. The topological polar surface area (TPSA) is 336 Å². The molecule has 0 aliphatic carbocycles. The molecule has 0 aromatic carbocycles. The predicted octanol–water partition coefficient (Wildman–Crippen LogP) is -0.304. The van der Waals surface area contributed by atoms with Gasteiger partial charge in [-0.25, -0.2) is 14.2 Å². The maximum Gasteiger partial charge on any atom is 0.470 e. The second kappa shape index (κ2) is 17.5. The number of aliphatic hydroxyl groups excluding tert-OH is 3. The van der Waals surface area contributed by atoms with Crippen molar-refractivity contribution >= 4 is 39.7 Å². The number of rotatable bonds is 13. The zero-order chi connectivity index (χ0) is 37.3. The quantitative estimate of drug-likeness (QED) is 0.0498. The molecule has 49 heavy (non-hydrogen) atoms. The van der Waals surface area contributed by atoms with Gasteiger partial charge in [-0.1, -0.05) is 17.9 Å². The number of hydrogen-bond donors (Lipinski definition) is 11. The fourth-order valence-corrected chi connectivity index (χ4v) is 5.79. The van der Waals surface area contributed by atoms with Gasteiger partial charge in [0.05, 0.1) is 19.3 Å². The Bertz CT molecular complexity index is 1430. The van der Waals surface area contributed by atoms with Crippen molar-refractivity contribution in [2.24, 2.45) is 11.7 Å². The third kappa shape index (κ3) is 14.6. The summed E-state index contributed by atoms with van der Waals surface area (Å²) in [6.45, 7) is 4.17. The van der Waals surface area contributed by atoms with Crippen LogP contribution in [0.1, 0.15) is 40.0 Å². The van der Waals surface area contributed by atoms with Crippen LogP contribution < -0.4 is 16.4 Å². The van der Waals surface area contributed by atoms with Crippen LogP contribution in [0.2, 0.25) is 0 Å². The van der Waals surface area contributed by atoms with E-state index in [9.17, 15) is 48.9 Å². The third-order valence-corrected chi connectivity index (χ3v) is 7.84. The van der Waals surface area contributed by atoms with Gasteiger partial charge in [-0.05, 0) is 46.3 Å². The molecule has 2 aliphatic rings. The Morgan fingerprint density at radius 1 is 1.20 bits per heavy atom. The summed E-state index contributed by atoms with van der Waals surface area (Å²) < 4.78 is 41.3. The van der Waals surface area contributed by atoms with Gasteiger partial charge in [-0.2, -0.15) is 0 Å². The molecule has 2 heterocycles. The summed E-state index contributed by atoms with van der Waals surface area (Å²) >= 11 is 0. The van der Waals surface area contributed by atoms with Crippen molar-refractivity contribution < 1.29 is 86.9 Å². The fraction of sp³-hybridized carbons (Fsp3) is 0.615. The van der Waals surface area contributed by atoms with Crippen LogP contribution >= 0.6 is 15.4 Å². The molecule has 1 saturated heterocycles. The molecule has 21 nitrogen and oxygen atoms in total. The lowest BCUT2D eigenvalue weighted by atomic mass is 9.90. The largest absolute Gasteiger partial charge is 0.477 e. The monoisotopic (exact) mass is 745 g/mol. The number of hydrogen-bond acceptors (Lipinski definition) is 16. The molecule has 6 unspecified atom stereocenters. The summed E-state index contributed by atoms with van der Waals surface area (Å²) in [7, 11) is -9.82. The van der Waals surface area contributed by atoms with E-state index in [1.165, 1.54) is 0 Å². The number of carbonyl (C=O) groups excluding carboxylic acids is 2. The van der Waals surface area contributed by atoms with Gasteiger partial charge in [0.1, 0.15) is 30.1 Å². The van der Waals surface area contributed by atoms with Crippen LogP contribution in [0.5, 0.6) is 0 Å². The van der Waals surface area contributed by atoms with Gasteiger partial charge in [0.2, 0.25) is 5.91 Å². The number of allylic oxidation sites excluding steroid dienone is 1. The first-order chi connectivity index (χ1) is 22.5. The first-order valence-corrected chi connectivity index (χ1v) is 17.6. The molecule has 23 heteroatoms. The molecule has 2 amide bonds. The van der Waals surface area contributed by atoms with Crippen LogP contribution in [0, 0.1) is 17.8 Å². The number of phosphoric acid groups is 1. The number of nitrogens with one attached hydrogen (secondary N) is 2. The van der Waals surface area contributed by atoms with Crippen LogP contribution in [0.25, 0.3) is 0 Å². The van der Waals surface area contributed by atoms with Gasteiger partial charge in [0.15, 0.2) is 0 Å². The summed E-state index contributed by atoms with van der Waals surface area (Å²) in [4.78, 5) is 65.4. The van der Waals surface area contributed by atoms with E-state index < -0.39 is 100 Å². The number of carbonyl (C=O) groups is 3. The predicted molar refractivity (Wildman–Crippen MR) is 166 cm³/mol. The number of ether oxygens (including phenoxy) is 3. The average molecular weight is 746 g/mol.